The lowest BCUT2D eigenvalue weighted by atomic mass is 9.96. The Morgan fingerprint density at radius 3 is 2.61 bits per heavy atom. The number of carbonyl (C=O) groups excluding carboxylic acids is 2. The lowest BCUT2D eigenvalue weighted by Gasteiger charge is -2.29. The number of fused-ring (bicyclic) bond motifs is 1. The fraction of sp³-hybridized carbons (Fsp3) is 0.304. The number of carbonyl (C=O) groups is 2. The summed E-state index contributed by atoms with van der Waals surface area (Å²) in [6, 6.07) is 11.3. The number of rotatable bonds is 5. The minimum Gasteiger partial charge on any atom is -0.453 e. The van der Waals surface area contributed by atoms with Crippen molar-refractivity contribution in [2.24, 2.45) is 5.92 Å². The number of allylic oxidation sites excluding steroid dienone is 1. The first kappa shape index (κ1) is 23.0. The number of aromatic nitrogens is 2. The highest BCUT2D eigenvalue weighted by atomic mass is 35.5. The number of hydrogen-bond acceptors (Lipinski definition) is 7. The number of anilines is 3. The van der Waals surface area contributed by atoms with E-state index in [2.05, 4.69) is 15.3 Å². The lowest BCUT2D eigenvalue weighted by Crippen LogP contribution is -2.38. The summed E-state index contributed by atoms with van der Waals surface area (Å²) in [4.78, 5) is 37.5. The predicted molar refractivity (Wildman–Crippen MR) is 131 cm³/mol. The number of nitrogens with one attached hydrogen (secondary N) is 1. The molecule has 2 amide bonds. The summed E-state index contributed by atoms with van der Waals surface area (Å²) in [5.41, 5.74) is 1.69. The summed E-state index contributed by atoms with van der Waals surface area (Å²) in [5, 5.41) is 4.00. The number of pyridine rings is 1. The molecule has 0 saturated carbocycles. The number of amides is 2. The standard InChI is InChI=1S/C23H24ClN5O3S/c1-28(17-6-4-16(24)5-7-17)19-9-8-18-21(26-19)33-22(25-18)27-20(30)10-3-15-11-13-29(14-12-15)23(31)32-2/h3-10,15H,11-14H2,1-2H3,(H,25,27,30)/b10-3+. The monoisotopic (exact) mass is 485 g/mol. The van der Waals surface area contributed by atoms with E-state index in [0.717, 1.165) is 34.7 Å². The molecule has 3 heterocycles. The number of methoxy groups -OCH3 is 1. The number of benzene rings is 1. The molecule has 0 aliphatic carbocycles. The summed E-state index contributed by atoms with van der Waals surface area (Å²) < 4.78 is 4.75. The molecular weight excluding hydrogens is 462 g/mol. The van der Waals surface area contributed by atoms with Crippen molar-refractivity contribution in [3.05, 3.63) is 53.6 Å². The van der Waals surface area contributed by atoms with Gasteiger partial charge in [-0.25, -0.2) is 14.8 Å². The molecule has 4 rings (SSSR count). The van der Waals surface area contributed by atoms with Crippen molar-refractivity contribution >= 4 is 61.9 Å². The molecule has 0 bridgehead atoms. The third kappa shape index (κ3) is 5.61. The first-order valence-corrected chi connectivity index (χ1v) is 11.7. The molecule has 10 heteroatoms. The second kappa shape index (κ2) is 10.2. The van der Waals surface area contributed by atoms with Gasteiger partial charge >= 0.3 is 6.09 Å². The summed E-state index contributed by atoms with van der Waals surface area (Å²) in [6.07, 6.45) is 4.73. The molecule has 0 atom stereocenters. The smallest absolute Gasteiger partial charge is 0.409 e. The molecule has 3 aromatic rings. The van der Waals surface area contributed by atoms with Gasteiger partial charge in [0, 0.05) is 30.8 Å². The summed E-state index contributed by atoms with van der Waals surface area (Å²) in [6.45, 7) is 1.25. The molecule has 8 nitrogen and oxygen atoms in total. The van der Waals surface area contributed by atoms with Crippen LogP contribution in [0, 0.1) is 5.92 Å². The molecule has 1 aromatic carbocycles. The van der Waals surface area contributed by atoms with E-state index in [1.165, 1.54) is 24.5 Å². The second-order valence-corrected chi connectivity index (χ2v) is 9.11. The maximum Gasteiger partial charge on any atom is 0.409 e. The Labute approximate surface area is 200 Å². The molecule has 1 fully saturated rings. The van der Waals surface area contributed by atoms with Crippen LogP contribution < -0.4 is 10.2 Å². The van der Waals surface area contributed by atoms with Crippen molar-refractivity contribution in [2.75, 3.05) is 37.5 Å². The van der Waals surface area contributed by atoms with Crippen LogP contribution in [0.25, 0.3) is 10.3 Å². The zero-order valence-corrected chi connectivity index (χ0v) is 19.9. The number of likely N-dealkylation sites (tertiary alicyclic amines) is 1. The van der Waals surface area contributed by atoms with E-state index in [-0.39, 0.29) is 17.9 Å². The van der Waals surface area contributed by atoms with Crippen molar-refractivity contribution in [1.82, 2.24) is 14.9 Å². The molecule has 172 valence electrons. The Balaban J connectivity index is 1.37. The molecule has 1 N–H and O–H groups in total. The average Bonchev–Trinajstić information content (AvgIpc) is 3.24. The second-order valence-electron chi connectivity index (χ2n) is 7.69. The van der Waals surface area contributed by atoms with Crippen LogP contribution in [0.15, 0.2) is 48.6 Å². The normalized spacial score (nSPS) is 14.6. The van der Waals surface area contributed by atoms with E-state index in [1.54, 1.807) is 4.90 Å². The molecule has 0 unspecified atom stereocenters. The SMILES string of the molecule is COC(=O)N1CCC(/C=C/C(=O)Nc2nc3ccc(N(C)c4ccc(Cl)cc4)nc3s2)CC1. The van der Waals surface area contributed by atoms with Gasteiger partial charge in [0.15, 0.2) is 5.13 Å². The fourth-order valence-corrected chi connectivity index (χ4v) is 4.58. The van der Waals surface area contributed by atoms with Crippen molar-refractivity contribution < 1.29 is 14.3 Å². The van der Waals surface area contributed by atoms with Gasteiger partial charge in [0.1, 0.15) is 16.2 Å². The number of nitrogens with zero attached hydrogens (tertiary/aromatic N) is 4. The minimum absolute atomic E-state index is 0.233. The number of thiazole rings is 1. The van der Waals surface area contributed by atoms with E-state index in [4.69, 9.17) is 16.3 Å². The zero-order chi connectivity index (χ0) is 23.4. The van der Waals surface area contributed by atoms with Gasteiger partial charge in [0.05, 0.1) is 7.11 Å². The minimum atomic E-state index is -0.304. The van der Waals surface area contributed by atoms with Gasteiger partial charge in [-0.05, 0) is 61.2 Å². The number of hydrogen-bond donors (Lipinski definition) is 1. The third-order valence-electron chi connectivity index (χ3n) is 5.52. The van der Waals surface area contributed by atoms with Crippen LogP contribution in [-0.2, 0) is 9.53 Å². The Morgan fingerprint density at radius 1 is 1.18 bits per heavy atom. The summed E-state index contributed by atoms with van der Waals surface area (Å²) >= 11 is 7.30. The van der Waals surface area contributed by atoms with Crippen molar-refractivity contribution in [2.45, 2.75) is 12.8 Å². The number of halogens is 1. The molecule has 0 radical (unpaired) electrons. The van der Waals surface area contributed by atoms with Gasteiger partial charge in [-0.2, -0.15) is 0 Å². The maximum atomic E-state index is 12.4. The Bertz CT molecular complexity index is 1170. The van der Waals surface area contributed by atoms with Crippen LogP contribution in [0.1, 0.15) is 12.8 Å². The molecule has 0 spiro atoms. The van der Waals surface area contributed by atoms with E-state index in [1.807, 2.05) is 54.4 Å². The van der Waals surface area contributed by atoms with Gasteiger partial charge < -0.3 is 14.5 Å². The van der Waals surface area contributed by atoms with Crippen LogP contribution in [0.2, 0.25) is 5.02 Å². The lowest BCUT2D eigenvalue weighted by molar-refractivity contribution is -0.111. The van der Waals surface area contributed by atoms with Crippen LogP contribution in [0.3, 0.4) is 0 Å². The average molecular weight is 486 g/mol. The van der Waals surface area contributed by atoms with E-state index < -0.39 is 0 Å². The van der Waals surface area contributed by atoms with Crippen molar-refractivity contribution in [3.8, 4) is 0 Å². The molecule has 1 saturated heterocycles. The van der Waals surface area contributed by atoms with Crippen molar-refractivity contribution in [3.63, 3.8) is 0 Å². The van der Waals surface area contributed by atoms with Gasteiger partial charge in [-0.15, -0.1) is 0 Å². The zero-order valence-electron chi connectivity index (χ0n) is 18.3. The van der Waals surface area contributed by atoms with Gasteiger partial charge in [0.25, 0.3) is 0 Å². The molecule has 1 aliphatic heterocycles. The Hall–Kier alpha value is -3.17. The van der Waals surface area contributed by atoms with Gasteiger partial charge in [-0.1, -0.05) is 29.0 Å². The first-order valence-electron chi connectivity index (χ1n) is 10.5. The van der Waals surface area contributed by atoms with E-state index >= 15 is 0 Å². The maximum absolute atomic E-state index is 12.4. The van der Waals surface area contributed by atoms with Gasteiger partial charge in [0.2, 0.25) is 5.91 Å². The predicted octanol–water partition coefficient (Wildman–Crippen LogP) is 5.09. The van der Waals surface area contributed by atoms with Gasteiger partial charge in [-0.3, -0.25) is 10.1 Å². The van der Waals surface area contributed by atoms with E-state index in [9.17, 15) is 9.59 Å². The van der Waals surface area contributed by atoms with E-state index in [0.29, 0.717) is 23.2 Å². The largest absolute Gasteiger partial charge is 0.453 e. The van der Waals surface area contributed by atoms with Crippen LogP contribution in [0.4, 0.5) is 21.4 Å². The molecular formula is C23H24ClN5O3S. The first-order chi connectivity index (χ1) is 15.9. The summed E-state index contributed by atoms with van der Waals surface area (Å²) in [5.74, 6) is 0.784. The third-order valence-corrected chi connectivity index (χ3v) is 6.65. The highest BCUT2D eigenvalue weighted by Crippen LogP contribution is 2.29. The Kier molecular flexibility index (Phi) is 7.10. The highest BCUT2D eigenvalue weighted by Gasteiger charge is 2.21. The molecule has 2 aromatic heterocycles. The number of piperidine rings is 1. The van der Waals surface area contributed by atoms with Crippen LogP contribution >= 0.6 is 22.9 Å². The van der Waals surface area contributed by atoms with Crippen molar-refractivity contribution in [1.29, 1.82) is 0 Å². The molecule has 33 heavy (non-hydrogen) atoms. The quantitative estimate of drug-likeness (QED) is 0.507. The van der Waals surface area contributed by atoms with Crippen LogP contribution in [-0.4, -0.2) is 54.1 Å². The topological polar surface area (TPSA) is 87.7 Å². The fourth-order valence-electron chi connectivity index (χ4n) is 3.62. The highest BCUT2D eigenvalue weighted by molar-refractivity contribution is 7.22. The Morgan fingerprint density at radius 2 is 1.91 bits per heavy atom. The number of ether oxygens (including phenoxy) is 1. The van der Waals surface area contributed by atoms with Crippen LogP contribution in [0.5, 0.6) is 0 Å². The molecule has 1 aliphatic rings. The summed E-state index contributed by atoms with van der Waals surface area (Å²) in [7, 11) is 3.32.